The lowest BCUT2D eigenvalue weighted by atomic mass is 10.2. The van der Waals surface area contributed by atoms with Crippen LogP contribution < -0.4 is 5.32 Å². The van der Waals surface area contributed by atoms with Crippen LogP contribution in [-0.4, -0.2) is 44.7 Å². The third-order valence-electron chi connectivity index (χ3n) is 2.56. The zero-order valence-corrected chi connectivity index (χ0v) is 14.6. The third-order valence-corrected chi connectivity index (χ3v) is 2.56. The predicted octanol–water partition coefficient (Wildman–Crippen LogP) is 2.49. The van der Waals surface area contributed by atoms with Gasteiger partial charge in [-0.2, -0.15) is 0 Å². The normalized spacial score (nSPS) is 10.9. The number of nitrogens with zero attached hydrogens (tertiary/aromatic N) is 2. The minimum atomic E-state index is -0.216. The summed E-state index contributed by atoms with van der Waals surface area (Å²) in [6.45, 7) is 4.60. The Kier molecular flexibility index (Phi) is 10.4. The molecule has 4 nitrogen and oxygen atoms in total. The van der Waals surface area contributed by atoms with E-state index in [4.69, 9.17) is 4.74 Å². The lowest BCUT2D eigenvalue weighted by molar-refractivity contribution is 0.207. The van der Waals surface area contributed by atoms with E-state index in [0.29, 0.717) is 19.7 Å². The van der Waals surface area contributed by atoms with Gasteiger partial charge in [-0.1, -0.05) is 12.1 Å². The molecule has 114 valence electrons. The number of guanidine groups is 1. The van der Waals surface area contributed by atoms with Crippen molar-refractivity contribution in [2.75, 3.05) is 33.9 Å². The van der Waals surface area contributed by atoms with E-state index in [-0.39, 0.29) is 29.8 Å². The molecule has 0 heterocycles. The van der Waals surface area contributed by atoms with Crippen LogP contribution >= 0.6 is 24.0 Å². The second-order valence-corrected chi connectivity index (χ2v) is 4.21. The van der Waals surface area contributed by atoms with Crippen molar-refractivity contribution in [1.29, 1.82) is 0 Å². The second-order valence-electron chi connectivity index (χ2n) is 4.21. The number of rotatable bonds is 6. The number of halogens is 2. The molecule has 0 spiro atoms. The highest BCUT2D eigenvalue weighted by molar-refractivity contribution is 14.0. The van der Waals surface area contributed by atoms with Gasteiger partial charge in [-0.05, 0) is 24.6 Å². The minimum absolute atomic E-state index is 0. The number of ether oxygens (including phenoxy) is 1. The Bertz CT molecular complexity index is 415. The maximum Gasteiger partial charge on any atom is 0.194 e. The number of nitrogens with one attached hydrogen (secondary N) is 1. The summed E-state index contributed by atoms with van der Waals surface area (Å²) in [4.78, 5) is 6.40. The van der Waals surface area contributed by atoms with E-state index < -0.39 is 0 Å². The summed E-state index contributed by atoms with van der Waals surface area (Å²) >= 11 is 0. The summed E-state index contributed by atoms with van der Waals surface area (Å²) in [5.41, 5.74) is 0.917. The Hall–Kier alpha value is -0.890. The first-order valence-electron chi connectivity index (χ1n) is 6.40. The molecule has 1 aromatic rings. The number of benzene rings is 1. The Morgan fingerprint density at radius 2 is 2.20 bits per heavy atom. The predicted molar refractivity (Wildman–Crippen MR) is 91.1 cm³/mol. The molecular formula is C14H23FIN3O. The van der Waals surface area contributed by atoms with Gasteiger partial charge in [0.25, 0.3) is 0 Å². The molecule has 0 aromatic heterocycles. The van der Waals surface area contributed by atoms with Crippen LogP contribution in [0.15, 0.2) is 29.3 Å². The SMILES string of the molecule is CCNC(=NCCOC)N(C)Cc1cccc(F)c1.I. The first-order chi connectivity index (χ1) is 9.17. The standard InChI is InChI=1S/C14H22FN3O.HI/c1-4-16-14(17-8-9-19-3)18(2)11-12-6-5-7-13(15)10-12;/h5-7,10H,4,8-9,11H2,1-3H3,(H,16,17);1H. The molecule has 0 aliphatic heterocycles. The first-order valence-corrected chi connectivity index (χ1v) is 6.40. The van der Waals surface area contributed by atoms with Gasteiger partial charge in [0.15, 0.2) is 5.96 Å². The maximum atomic E-state index is 13.1. The molecule has 1 N–H and O–H groups in total. The van der Waals surface area contributed by atoms with Gasteiger partial charge in [0.2, 0.25) is 0 Å². The highest BCUT2D eigenvalue weighted by atomic mass is 127. The Labute approximate surface area is 137 Å². The van der Waals surface area contributed by atoms with Crippen molar-refractivity contribution in [3.05, 3.63) is 35.6 Å². The quantitative estimate of drug-likeness (QED) is 0.348. The summed E-state index contributed by atoms with van der Waals surface area (Å²) in [5, 5.41) is 3.20. The minimum Gasteiger partial charge on any atom is -0.383 e. The molecule has 0 aliphatic carbocycles. The van der Waals surface area contributed by atoms with Gasteiger partial charge >= 0.3 is 0 Å². The molecule has 0 unspecified atom stereocenters. The van der Waals surface area contributed by atoms with Crippen LogP contribution in [-0.2, 0) is 11.3 Å². The Morgan fingerprint density at radius 3 is 2.80 bits per heavy atom. The summed E-state index contributed by atoms with van der Waals surface area (Å²) in [6.07, 6.45) is 0. The van der Waals surface area contributed by atoms with E-state index >= 15 is 0 Å². The summed E-state index contributed by atoms with van der Waals surface area (Å²) < 4.78 is 18.1. The fourth-order valence-corrected chi connectivity index (χ4v) is 1.70. The average Bonchev–Trinajstić information content (AvgIpc) is 2.38. The highest BCUT2D eigenvalue weighted by Crippen LogP contribution is 2.06. The van der Waals surface area contributed by atoms with Gasteiger partial charge < -0.3 is 15.0 Å². The summed E-state index contributed by atoms with van der Waals surface area (Å²) in [7, 11) is 3.58. The van der Waals surface area contributed by atoms with Crippen molar-refractivity contribution in [3.63, 3.8) is 0 Å². The lowest BCUT2D eigenvalue weighted by Crippen LogP contribution is -2.38. The van der Waals surface area contributed by atoms with Crippen LogP contribution in [0.5, 0.6) is 0 Å². The number of hydrogen-bond donors (Lipinski definition) is 1. The molecule has 0 saturated carbocycles. The molecule has 0 saturated heterocycles. The monoisotopic (exact) mass is 395 g/mol. The first kappa shape index (κ1) is 19.1. The van der Waals surface area contributed by atoms with Crippen LogP contribution in [0.25, 0.3) is 0 Å². The molecular weight excluding hydrogens is 372 g/mol. The largest absolute Gasteiger partial charge is 0.383 e. The molecule has 0 atom stereocenters. The van der Waals surface area contributed by atoms with Crippen molar-refractivity contribution in [2.24, 2.45) is 4.99 Å². The topological polar surface area (TPSA) is 36.9 Å². The summed E-state index contributed by atoms with van der Waals surface area (Å²) in [5.74, 6) is 0.580. The van der Waals surface area contributed by atoms with E-state index in [1.54, 1.807) is 13.2 Å². The van der Waals surface area contributed by atoms with Crippen molar-refractivity contribution in [1.82, 2.24) is 10.2 Å². The van der Waals surface area contributed by atoms with Crippen LogP contribution in [0.2, 0.25) is 0 Å². The third kappa shape index (κ3) is 7.04. The second kappa shape index (κ2) is 10.8. The van der Waals surface area contributed by atoms with Gasteiger partial charge in [-0.3, -0.25) is 4.99 Å². The van der Waals surface area contributed by atoms with E-state index in [1.165, 1.54) is 12.1 Å². The Morgan fingerprint density at radius 1 is 1.45 bits per heavy atom. The molecule has 0 radical (unpaired) electrons. The number of methoxy groups -OCH3 is 1. The van der Waals surface area contributed by atoms with Crippen molar-refractivity contribution in [2.45, 2.75) is 13.5 Å². The average molecular weight is 395 g/mol. The van der Waals surface area contributed by atoms with Crippen molar-refractivity contribution >= 4 is 29.9 Å². The molecule has 0 bridgehead atoms. The molecule has 1 rings (SSSR count). The molecule has 6 heteroatoms. The van der Waals surface area contributed by atoms with Gasteiger partial charge in [0.1, 0.15) is 5.82 Å². The zero-order chi connectivity index (χ0) is 14.1. The molecule has 0 amide bonds. The van der Waals surface area contributed by atoms with Crippen LogP contribution in [0.4, 0.5) is 4.39 Å². The van der Waals surface area contributed by atoms with Crippen LogP contribution in [0.1, 0.15) is 12.5 Å². The number of aliphatic imine (C=N–C) groups is 1. The van der Waals surface area contributed by atoms with Gasteiger partial charge in [-0.25, -0.2) is 4.39 Å². The van der Waals surface area contributed by atoms with Crippen molar-refractivity contribution in [3.8, 4) is 0 Å². The van der Waals surface area contributed by atoms with Crippen LogP contribution in [0.3, 0.4) is 0 Å². The maximum absolute atomic E-state index is 13.1. The Balaban J connectivity index is 0.00000361. The fraction of sp³-hybridized carbons (Fsp3) is 0.500. The number of hydrogen-bond acceptors (Lipinski definition) is 2. The van der Waals surface area contributed by atoms with Gasteiger partial charge in [-0.15, -0.1) is 24.0 Å². The molecule has 0 aliphatic rings. The van der Waals surface area contributed by atoms with E-state index in [2.05, 4.69) is 10.3 Å². The molecule has 20 heavy (non-hydrogen) atoms. The zero-order valence-electron chi connectivity index (χ0n) is 12.2. The van der Waals surface area contributed by atoms with E-state index in [0.717, 1.165) is 18.1 Å². The van der Waals surface area contributed by atoms with Crippen LogP contribution in [0, 0.1) is 5.82 Å². The van der Waals surface area contributed by atoms with E-state index in [1.807, 2.05) is 24.9 Å². The van der Waals surface area contributed by atoms with Crippen molar-refractivity contribution < 1.29 is 9.13 Å². The highest BCUT2D eigenvalue weighted by Gasteiger charge is 2.06. The smallest absolute Gasteiger partial charge is 0.194 e. The van der Waals surface area contributed by atoms with Gasteiger partial charge in [0.05, 0.1) is 13.2 Å². The summed E-state index contributed by atoms with van der Waals surface area (Å²) in [6, 6.07) is 6.60. The van der Waals surface area contributed by atoms with E-state index in [9.17, 15) is 4.39 Å². The molecule has 1 aromatic carbocycles. The lowest BCUT2D eigenvalue weighted by Gasteiger charge is -2.22. The fourth-order valence-electron chi connectivity index (χ4n) is 1.70. The molecule has 0 fully saturated rings. The van der Waals surface area contributed by atoms with Gasteiger partial charge in [0, 0.05) is 27.2 Å².